The number of nitrogens with one attached hydrogen (secondary N) is 1. The van der Waals surface area contributed by atoms with Crippen molar-refractivity contribution >= 4 is 33.5 Å². The van der Waals surface area contributed by atoms with E-state index in [2.05, 4.69) is 5.32 Å². The molecule has 0 fully saturated rings. The molecule has 1 aromatic carbocycles. The minimum atomic E-state index is -3.41. The maximum Gasteiger partial charge on any atom is 0.338 e. The smallest absolute Gasteiger partial charge is 0.338 e. The number of ether oxygens (including phenoxy) is 1. The summed E-state index contributed by atoms with van der Waals surface area (Å²) in [6, 6.07) is 4.41. The van der Waals surface area contributed by atoms with Crippen LogP contribution in [0.5, 0.6) is 0 Å². The number of rotatable bonds is 8. The SMILES string of the molecule is CCNC(=O)CN(CC)C(=O)COC(=O)c1ccc2c(c1)C[C@@H](C)N2S(C)(=O)=O. The van der Waals surface area contributed by atoms with E-state index in [1.165, 1.54) is 15.3 Å². The van der Waals surface area contributed by atoms with E-state index in [1.54, 1.807) is 32.9 Å². The Hall–Kier alpha value is -2.62. The summed E-state index contributed by atoms with van der Waals surface area (Å²) in [6.45, 7) is 5.51. The highest BCUT2D eigenvalue weighted by atomic mass is 32.2. The van der Waals surface area contributed by atoms with Gasteiger partial charge >= 0.3 is 5.97 Å². The van der Waals surface area contributed by atoms with Crippen LogP contribution in [0.15, 0.2) is 18.2 Å². The Morgan fingerprint density at radius 2 is 1.97 bits per heavy atom. The summed E-state index contributed by atoms with van der Waals surface area (Å²) in [5.74, 6) is -1.43. The van der Waals surface area contributed by atoms with Crippen LogP contribution in [-0.4, -0.2) is 69.6 Å². The molecule has 29 heavy (non-hydrogen) atoms. The first-order chi connectivity index (χ1) is 13.6. The second-order valence-electron chi connectivity index (χ2n) is 6.89. The monoisotopic (exact) mass is 425 g/mol. The predicted molar refractivity (Wildman–Crippen MR) is 108 cm³/mol. The molecular weight excluding hydrogens is 398 g/mol. The van der Waals surface area contributed by atoms with E-state index >= 15 is 0 Å². The summed E-state index contributed by atoms with van der Waals surface area (Å²) < 4.78 is 30.4. The van der Waals surface area contributed by atoms with Crippen LogP contribution in [0.3, 0.4) is 0 Å². The number of benzene rings is 1. The van der Waals surface area contributed by atoms with Crippen molar-refractivity contribution in [3.63, 3.8) is 0 Å². The molecule has 1 aromatic rings. The van der Waals surface area contributed by atoms with E-state index in [1.807, 2.05) is 0 Å². The van der Waals surface area contributed by atoms with Crippen LogP contribution in [0.2, 0.25) is 0 Å². The van der Waals surface area contributed by atoms with Crippen molar-refractivity contribution in [2.75, 3.05) is 36.8 Å². The number of carbonyl (C=O) groups is 3. The largest absolute Gasteiger partial charge is 0.452 e. The second kappa shape index (κ2) is 9.25. The van der Waals surface area contributed by atoms with E-state index in [0.29, 0.717) is 25.2 Å². The first-order valence-corrected chi connectivity index (χ1v) is 11.3. The Balaban J connectivity index is 2.03. The Labute approximate surface area is 171 Å². The maximum absolute atomic E-state index is 12.3. The van der Waals surface area contributed by atoms with Crippen LogP contribution in [0.1, 0.15) is 36.7 Å². The number of hydrogen-bond acceptors (Lipinski definition) is 6. The molecule has 1 heterocycles. The average Bonchev–Trinajstić information content (AvgIpc) is 2.99. The summed E-state index contributed by atoms with van der Waals surface area (Å²) in [6.07, 6.45) is 1.63. The number of sulfonamides is 1. The molecule has 0 aliphatic carbocycles. The van der Waals surface area contributed by atoms with Gasteiger partial charge in [0.05, 0.1) is 24.1 Å². The van der Waals surface area contributed by atoms with Crippen LogP contribution in [0.25, 0.3) is 0 Å². The zero-order chi connectivity index (χ0) is 21.8. The van der Waals surface area contributed by atoms with Crippen LogP contribution in [0, 0.1) is 0 Å². The maximum atomic E-state index is 12.3. The number of fused-ring (bicyclic) bond motifs is 1. The van der Waals surface area contributed by atoms with Gasteiger partial charge in [-0.3, -0.25) is 13.9 Å². The average molecular weight is 426 g/mol. The van der Waals surface area contributed by atoms with Crippen molar-refractivity contribution in [2.45, 2.75) is 33.2 Å². The number of esters is 1. The fourth-order valence-electron chi connectivity index (χ4n) is 3.34. The Bertz CT molecular complexity index is 899. The number of hydrogen-bond donors (Lipinski definition) is 1. The van der Waals surface area contributed by atoms with Gasteiger partial charge in [-0.05, 0) is 51.0 Å². The van der Waals surface area contributed by atoms with Crippen LogP contribution < -0.4 is 9.62 Å². The molecule has 2 amide bonds. The molecule has 160 valence electrons. The lowest BCUT2D eigenvalue weighted by atomic mass is 10.1. The molecule has 10 heteroatoms. The van der Waals surface area contributed by atoms with Crippen molar-refractivity contribution in [3.05, 3.63) is 29.3 Å². The molecule has 0 unspecified atom stereocenters. The molecule has 1 aliphatic heterocycles. The van der Waals surface area contributed by atoms with Crippen LogP contribution in [-0.2, 0) is 30.8 Å². The van der Waals surface area contributed by atoms with Gasteiger partial charge in [0.25, 0.3) is 5.91 Å². The third-order valence-electron chi connectivity index (χ3n) is 4.60. The van der Waals surface area contributed by atoms with Gasteiger partial charge in [-0.2, -0.15) is 0 Å². The Morgan fingerprint density at radius 3 is 2.55 bits per heavy atom. The van der Waals surface area contributed by atoms with Crippen LogP contribution in [0.4, 0.5) is 5.69 Å². The fourth-order valence-corrected chi connectivity index (χ4v) is 4.60. The third-order valence-corrected chi connectivity index (χ3v) is 5.87. The van der Waals surface area contributed by atoms with Crippen molar-refractivity contribution in [1.29, 1.82) is 0 Å². The minimum Gasteiger partial charge on any atom is -0.452 e. The van der Waals surface area contributed by atoms with E-state index in [0.717, 1.165) is 11.8 Å². The minimum absolute atomic E-state index is 0.0984. The van der Waals surface area contributed by atoms with Gasteiger partial charge in [-0.1, -0.05) is 0 Å². The first kappa shape index (κ1) is 22.7. The number of likely N-dealkylation sites (N-methyl/N-ethyl adjacent to an activating group) is 2. The summed E-state index contributed by atoms with van der Waals surface area (Å²) in [5, 5.41) is 2.61. The standard InChI is InChI=1S/C19H27N3O6S/c1-5-20-17(23)11-21(6-2)18(24)12-28-19(25)14-7-8-16-15(10-14)9-13(3)22(16)29(4,26)27/h7-8,10,13H,5-6,9,11-12H2,1-4H3,(H,20,23)/t13-/m1/s1. The van der Waals surface area contributed by atoms with Crippen molar-refractivity contribution < 1.29 is 27.5 Å². The molecule has 0 spiro atoms. The number of amides is 2. The lowest BCUT2D eigenvalue weighted by Gasteiger charge is -2.22. The molecule has 1 aliphatic rings. The van der Waals surface area contributed by atoms with E-state index in [4.69, 9.17) is 4.74 Å². The van der Waals surface area contributed by atoms with Gasteiger partial charge in [0.2, 0.25) is 15.9 Å². The number of anilines is 1. The lowest BCUT2D eigenvalue weighted by molar-refractivity contribution is -0.138. The molecule has 0 saturated heterocycles. The topological polar surface area (TPSA) is 113 Å². The zero-order valence-corrected chi connectivity index (χ0v) is 17.9. The summed E-state index contributed by atoms with van der Waals surface area (Å²) in [4.78, 5) is 37.5. The van der Waals surface area contributed by atoms with Gasteiger partial charge in [0, 0.05) is 19.1 Å². The van der Waals surface area contributed by atoms with Gasteiger partial charge < -0.3 is 15.0 Å². The lowest BCUT2D eigenvalue weighted by Crippen LogP contribution is -2.42. The highest BCUT2D eigenvalue weighted by Gasteiger charge is 2.33. The summed E-state index contributed by atoms with van der Waals surface area (Å²) in [5.41, 5.74) is 1.52. The summed E-state index contributed by atoms with van der Waals surface area (Å²) in [7, 11) is -3.41. The number of carbonyl (C=O) groups excluding carboxylic acids is 3. The number of nitrogens with zero attached hydrogens (tertiary/aromatic N) is 2. The molecule has 0 bridgehead atoms. The fraction of sp³-hybridized carbons (Fsp3) is 0.526. The second-order valence-corrected chi connectivity index (χ2v) is 8.75. The molecule has 1 N–H and O–H groups in total. The van der Waals surface area contributed by atoms with Crippen LogP contribution >= 0.6 is 0 Å². The van der Waals surface area contributed by atoms with Crippen molar-refractivity contribution in [2.24, 2.45) is 0 Å². The Kier molecular flexibility index (Phi) is 7.23. The molecule has 2 rings (SSSR count). The Morgan fingerprint density at radius 1 is 1.28 bits per heavy atom. The highest BCUT2D eigenvalue weighted by molar-refractivity contribution is 7.92. The summed E-state index contributed by atoms with van der Waals surface area (Å²) >= 11 is 0. The highest BCUT2D eigenvalue weighted by Crippen LogP contribution is 2.34. The molecule has 0 aromatic heterocycles. The molecule has 9 nitrogen and oxygen atoms in total. The normalized spacial score (nSPS) is 15.6. The van der Waals surface area contributed by atoms with Gasteiger partial charge in [-0.25, -0.2) is 13.2 Å². The van der Waals surface area contributed by atoms with Crippen molar-refractivity contribution in [3.8, 4) is 0 Å². The van der Waals surface area contributed by atoms with E-state index in [9.17, 15) is 22.8 Å². The third kappa shape index (κ3) is 5.47. The molecular formula is C19H27N3O6S. The van der Waals surface area contributed by atoms with E-state index < -0.39 is 28.5 Å². The van der Waals surface area contributed by atoms with E-state index in [-0.39, 0.29) is 24.1 Å². The molecule has 0 saturated carbocycles. The predicted octanol–water partition coefficient (Wildman–Crippen LogP) is 0.539. The molecule has 0 radical (unpaired) electrons. The van der Waals surface area contributed by atoms with Gasteiger partial charge in [0.15, 0.2) is 6.61 Å². The zero-order valence-electron chi connectivity index (χ0n) is 17.1. The van der Waals surface area contributed by atoms with Gasteiger partial charge in [0.1, 0.15) is 0 Å². The van der Waals surface area contributed by atoms with Gasteiger partial charge in [-0.15, -0.1) is 0 Å². The van der Waals surface area contributed by atoms with Crippen molar-refractivity contribution in [1.82, 2.24) is 10.2 Å². The molecule has 1 atom stereocenters. The first-order valence-electron chi connectivity index (χ1n) is 9.42. The quantitative estimate of drug-likeness (QED) is 0.608.